The number of allylic oxidation sites excluding steroid dienone is 4. The quantitative estimate of drug-likeness (QED) is 0.191. The molecule has 10 rings (SSSR count). The highest BCUT2D eigenvalue weighted by Crippen LogP contribution is 2.54. The number of rotatable bonds is 4. The minimum Gasteiger partial charge on any atom is -0.309 e. The van der Waals surface area contributed by atoms with Gasteiger partial charge in [-0.05, 0) is 88.9 Å². The monoisotopic (exact) mass is 643 g/mol. The molecule has 3 aliphatic carbocycles. The molecule has 2 heterocycles. The van der Waals surface area contributed by atoms with Crippen molar-refractivity contribution in [2.24, 2.45) is 5.92 Å². The fourth-order valence-corrected chi connectivity index (χ4v) is 8.77. The summed E-state index contributed by atoms with van der Waals surface area (Å²) in [5.74, 6) is 1.64. The Bertz CT molecular complexity index is 2660. The van der Waals surface area contributed by atoms with Crippen LogP contribution in [0.15, 0.2) is 140 Å². The summed E-state index contributed by atoms with van der Waals surface area (Å²) < 4.78 is 2.44. The van der Waals surface area contributed by atoms with E-state index in [0.29, 0.717) is 11.8 Å². The maximum atomic E-state index is 5.23. The van der Waals surface area contributed by atoms with Crippen molar-refractivity contribution in [1.29, 1.82) is 0 Å². The molecule has 3 nitrogen and oxygen atoms in total. The second-order valence-electron chi connectivity index (χ2n) is 14.5. The predicted octanol–water partition coefficient (Wildman–Crippen LogP) is 10.0. The van der Waals surface area contributed by atoms with Crippen LogP contribution in [0.1, 0.15) is 43.7 Å². The molecule has 3 heteroatoms. The van der Waals surface area contributed by atoms with Crippen LogP contribution in [-0.2, 0) is 5.41 Å². The van der Waals surface area contributed by atoms with Crippen LogP contribution in [0.3, 0.4) is 0 Å². The third-order valence-corrected chi connectivity index (χ3v) is 11.3. The Balaban J connectivity index is 1.08. The van der Waals surface area contributed by atoms with Gasteiger partial charge in [0.05, 0.1) is 22.1 Å². The number of para-hydroxylation sites is 1. The Morgan fingerprint density at radius 1 is 0.620 bits per heavy atom. The first-order valence-electron chi connectivity index (χ1n) is 17.8. The number of aromatic nitrogens is 3. The molecule has 2 aromatic heterocycles. The molecule has 0 saturated carbocycles. The van der Waals surface area contributed by atoms with Crippen molar-refractivity contribution < 1.29 is 0 Å². The average molecular weight is 644 g/mol. The first-order chi connectivity index (χ1) is 24.5. The summed E-state index contributed by atoms with van der Waals surface area (Å²) in [4.78, 5) is 10.3. The lowest BCUT2D eigenvalue weighted by atomic mass is 9.74. The highest BCUT2D eigenvalue weighted by Gasteiger charge is 2.44. The van der Waals surface area contributed by atoms with Gasteiger partial charge in [-0.1, -0.05) is 123 Å². The molecule has 0 fully saturated rings. The first-order valence-corrected chi connectivity index (χ1v) is 17.8. The molecular formula is C47H37N3. The van der Waals surface area contributed by atoms with Crippen molar-refractivity contribution in [2.45, 2.75) is 38.0 Å². The zero-order valence-corrected chi connectivity index (χ0v) is 28.3. The zero-order valence-electron chi connectivity index (χ0n) is 28.3. The van der Waals surface area contributed by atoms with Gasteiger partial charge in [0.15, 0.2) is 5.82 Å². The summed E-state index contributed by atoms with van der Waals surface area (Å²) in [7, 11) is 0. The van der Waals surface area contributed by atoms with Crippen molar-refractivity contribution in [1.82, 2.24) is 14.5 Å². The molecule has 2 atom stereocenters. The van der Waals surface area contributed by atoms with Crippen LogP contribution in [-0.4, -0.2) is 14.5 Å². The maximum Gasteiger partial charge on any atom is 0.160 e. The Morgan fingerprint density at radius 2 is 1.32 bits per heavy atom. The van der Waals surface area contributed by atoms with E-state index < -0.39 is 0 Å². The van der Waals surface area contributed by atoms with E-state index in [1.54, 1.807) is 0 Å². The summed E-state index contributed by atoms with van der Waals surface area (Å²) in [6.07, 6.45) is 15.8. The molecule has 7 aromatic rings. The normalized spacial score (nSPS) is 18.4. The van der Waals surface area contributed by atoms with Crippen molar-refractivity contribution in [3.8, 4) is 39.5 Å². The summed E-state index contributed by atoms with van der Waals surface area (Å²) in [5, 5.41) is 4.77. The van der Waals surface area contributed by atoms with Crippen molar-refractivity contribution in [2.75, 3.05) is 0 Å². The van der Waals surface area contributed by atoms with E-state index in [0.717, 1.165) is 51.7 Å². The third-order valence-electron chi connectivity index (χ3n) is 11.3. The molecule has 5 aromatic carbocycles. The summed E-state index contributed by atoms with van der Waals surface area (Å²) in [6.45, 7) is 4.82. The fourth-order valence-electron chi connectivity index (χ4n) is 8.77. The molecule has 0 bridgehead atoms. The molecule has 0 amide bonds. The standard InChI is InChI=1S/C47H37N3/c1-47(2)40-17-9-6-14-35(40)38-29-44-39(28-41(38)47)36-15-8-11-19-43(36)50(44)34-26-24-33(25-27-34)46-48-42-18-10-7-16-37(42)45(49-46)32-22-20-31(21-23-32)30-12-4-3-5-13-30/h3-6,8-9,11-29,35,40H,7,10H2,1-2H3. The predicted molar refractivity (Wildman–Crippen MR) is 208 cm³/mol. The van der Waals surface area contributed by atoms with Gasteiger partial charge in [-0.15, -0.1) is 0 Å². The van der Waals surface area contributed by atoms with Crippen LogP contribution in [0.5, 0.6) is 0 Å². The lowest BCUT2D eigenvalue weighted by Gasteiger charge is -2.29. The zero-order chi connectivity index (χ0) is 33.4. The van der Waals surface area contributed by atoms with Crippen LogP contribution in [0.2, 0.25) is 0 Å². The number of hydrogen-bond acceptors (Lipinski definition) is 2. The maximum absolute atomic E-state index is 5.23. The lowest BCUT2D eigenvalue weighted by molar-refractivity contribution is 0.394. The van der Waals surface area contributed by atoms with Crippen LogP contribution in [0.4, 0.5) is 0 Å². The summed E-state index contributed by atoms with van der Waals surface area (Å²) in [6, 6.07) is 42.0. The topological polar surface area (TPSA) is 30.7 Å². The van der Waals surface area contributed by atoms with E-state index in [4.69, 9.17) is 9.97 Å². The molecule has 0 saturated heterocycles. The Morgan fingerprint density at radius 3 is 2.16 bits per heavy atom. The van der Waals surface area contributed by atoms with E-state index >= 15 is 0 Å². The lowest BCUT2D eigenvalue weighted by Crippen LogP contribution is -2.33. The minimum atomic E-state index is 0.0765. The van der Waals surface area contributed by atoms with Crippen molar-refractivity contribution in [3.63, 3.8) is 0 Å². The highest BCUT2D eigenvalue weighted by atomic mass is 15.0. The third kappa shape index (κ3) is 4.43. The van der Waals surface area contributed by atoms with Crippen LogP contribution < -0.4 is 10.6 Å². The number of nitrogens with zero attached hydrogens (tertiary/aromatic N) is 3. The molecule has 50 heavy (non-hydrogen) atoms. The SMILES string of the molecule is CC1(C)c2cc3c4ccccc4n(-c4ccc(-c5nc(-c6ccc(-c7ccccc7)cc6)c6c(n5)=CCCC=6)cc4)c3cc2C2C=CC=CC21. The van der Waals surface area contributed by atoms with Gasteiger partial charge >= 0.3 is 0 Å². The van der Waals surface area contributed by atoms with E-state index in [2.05, 4.69) is 170 Å². The molecule has 0 N–H and O–H groups in total. The van der Waals surface area contributed by atoms with Gasteiger partial charge in [-0.2, -0.15) is 0 Å². The van der Waals surface area contributed by atoms with E-state index in [9.17, 15) is 0 Å². The highest BCUT2D eigenvalue weighted by molar-refractivity contribution is 6.10. The molecular weight excluding hydrogens is 607 g/mol. The van der Waals surface area contributed by atoms with E-state index in [-0.39, 0.29) is 5.41 Å². The minimum absolute atomic E-state index is 0.0765. The van der Waals surface area contributed by atoms with E-state index in [1.807, 2.05) is 0 Å². The second kappa shape index (κ2) is 11.1. The van der Waals surface area contributed by atoms with E-state index in [1.165, 1.54) is 44.1 Å². The molecule has 0 spiro atoms. The average Bonchev–Trinajstić information content (AvgIpc) is 3.62. The van der Waals surface area contributed by atoms with Gasteiger partial charge in [-0.25, -0.2) is 9.97 Å². The van der Waals surface area contributed by atoms with Crippen molar-refractivity contribution in [3.05, 3.63) is 161 Å². The van der Waals surface area contributed by atoms with Crippen molar-refractivity contribution >= 4 is 34.0 Å². The van der Waals surface area contributed by atoms with Crippen LogP contribution in [0, 0.1) is 5.92 Å². The molecule has 0 radical (unpaired) electrons. The van der Waals surface area contributed by atoms with Gasteiger partial charge in [0.2, 0.25) is 0 Å². The van der Waals surface area contributed by atoms with Gasteiger partial charge in [0.1, 0.15) is 0 Å². The smallest absolute Gasteiger partial charge is 0.160 e. The Hall–Kier alpha value is -5.80. The molecule has 240 valence electrons. The largest absolute Gasteiger partial charge is 0.309 e. The van der Waals surface area contributed by atoms with Crippen LogP contribution in [0.25, 0.3) is 73.4 Å². The number of benzene rings is 5. The van der Waals surface area contributed by atoms with Gasteiger partial charge in [-0.3, -0.25) is 0 Å². The van der Waals surface area contributed by atoms with Gasteiger partial charge in [0, 0.05) is 38.7 Å². The molecule has 0 aliphatic heterocycles. The number of fused-ring (bicyclic) bond motifs is 7. The second-order valence-corrected chi connectivity index (χ2v) is 14.5. The Kier molecular flexibility index (Phi) is 6.48. The Labute approximate surface area is 292 Å². The summed E-state index contributed by atoms with van der Waals surface area (Å²) >= 11 is 0. The fraction of sp³-hybridized carbons (Fsp3) is 0.149. The molecule has 3 aliphatic rings. The molecule has 2 unspecified atom stereocenters. The van der Waals surface area contributed by atoms with Gasteiger partial charge in [0.25, 0.3) is 0 Å². The van der Waals surface area contributed by atoms with Gasteiger partial charge < -0.3 is 4.57 Å². The van der Waals surface area contributed by atoms with Crippen LogP contribution >= 0.6 is 0 Å². The summed E-state index contributed by atoms with van der Waals surface area (Å²) in [5.41, 5.74) is 12.2. The first kappa shape index (κ1) is 29.1. The number of hydrogen-bond donors (Lipinski definition) is 0.